The van der Waals surface area contributed by atoms with Crippen molar-refractivity contribution in [3.8, 4) is 0 Å². The Bertz CT molecular complexity index is 345. The largest absolute Gasteiger partial charge is 0.316 e. The number of nitrogens with one attached hydrogen (secondary N) is 1. The molecule has 76 valence electrons. The van der Waals surface area contributed by atoms with Crippen molar-refractivity contribution in [3.63, 3.8) is 0 Å². The third-order valence-corrected chi connectivity index (χ3v) is 3.69. The van der Waals surface area contributed by atoms with E-state index in [1.807, 2.05) is 13.1 Å². The van der Waals surface area contributed by atoms with Crippen molar-refractivity contribution in [1.82, 2.24) is 5.32 Å². The van der Waals surface area contributed by atoms with Gasteiger partial charge in [-0.2, -0.15) is 0 Å². The molecule has 3 heteroatoms. The second-order valence-electron chi connectivity index (χ2n) is 3.19. The Kier molecular flexibility index (Phi) is 4.85. The zero-order valence-electron chi connectivity index (χ0n) is 8.27. The third kappa shape index (κ3) is 3.56. The highest BCUT2D eigenvalue weighted by atomic mass is 79.9. The molecule has 0 unspecified atom stereocenters. The summed E-state index contributed by atoms with van der Waals surface area (Å²) < 4.78 is 2.17. The molecule has 0 aromatic heterocycles. The molecule has 0 aliphatic rings. The zero-order chi connectivity index (χ0) is 10.6. The van der Waals surface area contributed by atoms with Gasteiger partial charge in [0.05, 0.1) is 0 Å². The summed E-state index contributed by atoms with van der Waals surface area (Å²) in [5, 5.41) is 3.12. The van der Waals surface area contributed by atoms with Crippen molar-refractivity contribution < 1.29 is 0 Å². The van der Waals surface area contributed by atoms with Gasteiger partial charge in [-0.15, -0.1) is 0 Å². The molecule has 1 aromatic carbocycles. The Balaban J connectivity index is 2.87. The molecule has 0 radical (unpaired) electrons. The van der Waals surface area contributed by atoms with Crippen LogP contribution >= 0.6 is 31.9 Å². The van der Waals surface area contributed by atoms with E-state index in [2.05, 4.69) is 62.3 Å². The molecule has 0 aliphatic carbocycles. The van der Waals surface area contributed by atoms with Crippen LogP contribution in [0.2, 0.25) is 0 Å². The van der Waals surface area contributed by atoms with E-state index in [1.54, 1.807) is 0 Å². The van der Waals surface area contributed by atoms with Crippen molar-refractivity contribution in [2.45, 2.75) is 6.92 Å². The summed E-state index contributed by atoms with van der Waals surface area (Å²) in [7, 11) is 1.95. The highest BCUT2D eigenvalue weighted by Gasteiger charge is 1.96. The van der Waals surface area contributed by atoms with E-state index in [-0.39, 0.29) is 0 Å². The van der Waals surface area contributed by atoms with Crippen LogP contribution in [0.4, 0.5) is 0 Å². The molecule has 1 aromatic rings. The van der Waals surface area contributed by atoms with Crippen LogP contribution in [0.1, 0.15) is 12.5 Å². The number of benzene rings is 1. The van der Waals surface area contributed by atoms with Crippen molar-refractivity contribution in [3.05, 3.63) is 38.3 Å². The van der Waals surface area contributed by atoms with Gasteiger partial charge < -0.3 is 5.32 Å². The number of rotatable bonds is 3. The lowest BCUT2D eigenvalue weighted by Crippen LogP contribution is -2.08. The lowest BCUT2D eigenvalue weighted by Gasteiger charge is -2.01. The Morgan fingerprint density at radius 1 is 1.36 bits per heavy atom. The van der Waals surface area contributed by atoms with Gasteiger partial charge in [0.1, 0.15) is 0 Å². The first-order chi connectivity index (χ1) is 6.63. The molecule has 0 aliphatic heterocycles. The average Bonchev–Trinajstić information content (AvgIpc) is 2.12. The fraction of sp³-hybridized carbons (Fsp3) is 0.273. The number of hydrogen-bond donors (Lipinski definition) is 1. The van der Waals surface area contributed by atoms with Gasteiger partial charge >= 0.3 is 0 Å². The van der Waals surface area contributed by atoms with Crippen molar-refractivity contribution >= 4 is 37.9 Å². The summed E-state index contributed by atoms with van der Waals surface area (Å²) in [6.07, 6.45) is 2.17. The summed E-state index contributed by atoms with van der Waals surface area (Å²) >= 11 is 6.93. The summed E-state index contributed by atoms with van der Waals surface area (Å²) in [5.74, 6) is 0. The van der Waals surface area contributed by atoms with Crippen LogP contribution in [0.15, 0.2) is 32.7 Å². The van der Waals surface area contributed by atoms with Gasteiger partial charge in [0, 0.05) is 15.5 Å². The first-order valence-electron chi connectivity index (χ1n) is 4.40. The molecular formula is C11H13Br2N. The first-order valence-corrected chi connectivity index (χ1v) is 5.99. The highest BCUT2D eigenvalue weighted by Crippen LogP contribution is 2.24. The maximum absolute atomic E-state index is 3.48. The predicted octanol–water partition coefficient (Wildman–Crippen LogP) is 3.83. The Morgan fingerprint density at radius 2 is 2.07 bits per heavy atom. The molecule has 1 nitrogen and oxygen atoms in total. The molecule has 1 rings (SSSR count). The molecular weight excluding hydrogens is 306 g/mol. The number of hydrogen-bond acceptors (Lipinski definition) is 1. The lowest BCUT2D eigenvalue weighted by atomic mass is 10.1. The van der Waals surface area contributed by atoms with Crippen LogP contribution in [0, 0.1) is 0 Å². The molecule has 0 amide bonds. The third-order valence-electron chi connectivity index (χ3n) is 1.81. The van der Waals surface area contributed by atoms with Gasteiger partial charge in [-0.1, -0.05) is 17.7 Å². The van der Waals surface area contributed by atoms with E-state index in [4.69, 9.17) is 0 Å². The minimum absolute atomic E-state index is 0.924. The van der Waals surface area contributed by atoms with Gasteiger partial charge in [-0.3, -0.25) is 0 Å². The van der Waals surface area contributed by atoms with E-state index >= 15 is 0 Å². The molecule has 0 saturated carbocycles. The molecule has 0 fully saturated rings. The van der Waals surface area contributed by atoms with Crippen LogP contribution in [0.5, 0.6) is 0 Å². The van der Waals surface area contributed by atoms with Crippen LogP contribution in [-0.4, -0.2) is 13.6 Å². The average molecular weight is 319 g/mol. The van der Waals surface area contributed by atoms with Crippen LogP contribution < -0.4 is 5.32 Å². The maximum atomic E-state index is 3.48. The summed E-state index contributed by atoms with van der Waals surface area (Å²) in [6, 6.07) is 6.24. The summed E-state index contributed by atoms with van der Waals surface area (Å²) in [4.78, 5) is 0. The molecule has 14 heavy (non-hydrogen) atoms. The minimum atomic E-state index is 0.924. The van der Waals surface area contributed by atoms with E-state index in [9.17, 15) is 0 Å². The first kappa shape index (κ1) is 12.0. The van der Waals surface area contributed by atoms with E-state index in [0.717, 1.165) is 15.5 Å². The quantitative estimate of drug-likeness (QED) is 0.893. The smallest absolute Gasteiger partial charge is 0.0323 e. The fourth-order valence-electron chi connectivity index (χ4n) is 1.22. The highest BCUT2D eigenvalue weighted by molar-refractivity contribution is 9.13. The van der Waals surface area contributed by atoms with Crippen molar-refractivity contribution in [2.75, 3.05) is 13.6 Å². The Hall–Kier alpha value is -0.120. The van der Waals surface area contributed by atoms with E-state index in [1.165, 1.54) is 11.1 Å². The van der Waals surface area contributed by atoms with Crippen LogP contribution in [0.25, 0.3) is 6.08 Å². The molecule has 1 N–H and O–H groups in total. The Labute approximate surface area is 102 Å². The van der Waals surface area contributed by atoms with Gasteiger partial charge in [-0.05, 0) is 63.5 Å². The summed E-state index contributed by atoms with van der Waals surface area (Å²) in [5.41, 5.74) is 2.54. The summed E-state index contributed by atoms with van der Waals surface area (Å²) in [6.45, 7) is 3.04. The van der Waals surface area contributed by atoms with E-state index in [0.29, 0.717) is 0 Å². The van der Waals surface area contributed by atoms with E-state index < -0.39 is 0 Å². The van der Waals surface area contributed by atoms with Crippen LogP contribution in [0.3, 0.4) is 0 Å². The van der Waals surface area contributed by atoms with Gasteiger partial charge in [-0.25, -0.2) is 0 Å². The minimum Gasteiger partial charge on any atom is -0.316 e. The normalized spacial score (nSPS) is 11.9. The Morgan fingerprint density at radius 3 is 2.64 bits per heavy atom. The predicted molar refractivity (Wildman–Crippen MR) is 69.4 cm³/mol. The fourth-order valence-corrected chi connectivity index (χ4v) is 1.86. The monoisotopic (exact) mass is 317 g/mol. The van der Waals surface area contributed by atoms with Gasteiger partial charge in [0.2, 0.25) is 0 Å². The lowest BCUT2D eigenvalue weighted by molar-refractivity contribution is 0.884. The molecule has 0 spiro atoms. The van der Waals surface area contributed by atoms with Crippen LogP contribution in [-0.2, 0) is 0 Å². The number of likely N-dealkylation sites (N-methyl/N-ethyl adjacent to an activating group) is 1. The molecule has 0 atom stereocenters. The second kappa shape index (κ2) is 5.69. The van der Waals surface area contributed by atoms with Crippen molar-refractivity contribution in [2.24, 2.45) is 0 Å². The van der Waals surface area contributed by atoms with Crippen molar-refractivity contribution in [1.29, 1.82) is 0 Å². The zero-order valence-corrected chi connectivity index (χ0v) is 11.4. The number of halogens is 2. The molecule has 0 saturated heterocycles. The SMILES string of the molecule is CNC/C(C)=C/c1ccc(Br)c(Br)c1. The van der Waals surface area contributed by atoms with Gasteiger partial charge in [0.25, 0.3) is 0 Å². The van der Waals surface area contributed by atoms with Gasteiger partial charge in [0.15, 0.2) is 0 Å². The second-order valence-corrected chi connectivity index (χ2v) is 4.90. The topological polar surface area (TPSA) is 12.0 Å². The standard InChI is InChI=1S/C11H13Br2N/c1-8(7-14-2)5-9-3-4-10(12)11(13)6-9/h3-6,14H,7H2,1-2H3/b8-5+. The molecule has 0 bridgehead atoms. The molecule has 0 heterocycles. The maximum Gasteiger partial charge on any atom is 0.0323 e.